The molecule has 21 heavy (non-hydrogen) atoms. The van der Waals surface area contributed by atoms with Gasteiger partial charge in [-0.05, 0) is 29.8 Å². The van der Waals surface area contributed by atoms with Crippen LogP contribution in [-0.4, -0.2) is 9.19 Å². The molecule has 0 spiro atoms. The first kappa shape index (κ1) is 14.6. The molecule has 3 aromatic rings. The lowest BCUT2D eigenvalue weighted by Gasteiger charge is -2.02. The lowest BCUT2D eigenvalue weighted by atomic mass is 10.2. The Labute approximate surface area is 136 Å². The van der Waals surface area contributed by atoms with E-state index >= 15 is 0 Å². The van der Waals surface area contributed by atoms with Crippen molar-refractivity contribution in [2.75, 3.05) is 5.73 Å². The lowest BCUT2D eigenvalue weighted by molar-refractivity contribution is 0.477. The number of oxazole rings is 1. The normalized spacial score (nSPS) is 12.7. The van der Waals surface area contributed by atoms with E-state index in [4.69, 9.17) is 21.8 Å². The Morgan fingerprint density at radius 1 is 1.29 bits per heavy atom. The Kier molecular flexibility index (Phi) is 4.01. The summed E-state index contributed by atoms with van der Waals surface area (Å²) in [6.45, 7) is 0. The summed E-state index contributed by atoms with van der Waals surface area (Å²) in [5.74, 6) is 0.244. The first-order valence-electron chi connectivity index (χ1n) is 6.01. The van der Waals surface area contributed by atoms with Crippen molar-refractivity contribution in [3.8, 4) is 0 Å². The summed E-state index contributed by atoms with van der Waals surface area (Å²) in [7, 11) is -1.41. The molecule has 0 bridgehead atoms. The molecule has 4 nitrogen and oxygen atoms in total. The molecule has 2 N–H and O–H groups in total. The van der Waals surface area contributed by atoms with Crippen LogP contribution in [0.5, 0.6) is 0 Å². The summed E-state index contributed by atoms with van der Waals surface area (Å²) in [5.41, 5.74) is 8.20. The van der Waals surface area contributed by atoms with Crippen molar-refractivity contribution in [1.82, 2.24) is 4.98 Å². The van der Waals surface area contributed by atoms with Gasteiger partial charge in [-0.1, -0.05) is 33.6 Å². The third kappa shape index (κ3) is 3.12. The number of hydrogen-bond donors (Lipinski definition) is 1. The number of fused-ring (bicyclic) bond motifs is 1. The first-order chi connectivity index (χ1) is 10.0. The Morgan fingerprint density at radius 3 is 2.86 bits per heavy atom. The van der Waals surface area contributed by atoms with Gasteiger partial charge in [-0.15, -0.1) is 0 Å². The van der Waals surface area contributed by atoms with E-state index < -0.39 is 10.8 Å². The Balaban J connectivity index is 1.89. The number of hydrogen-bond acceptors (Lipinski definition) is 4. The van der Waals surface area contributed by atoms with Gasteiger partial charge in [0, 0.05) is 21.2 Å². The molecule has 0 amide bonds. The molecule has 1 atom stereocenters. The highest BCUT2D eigenvalue weighted by Gasteiger charge is 2.15. The van der Waals surface area contributed by atoms with Crippen LogP contribution in [0.4, 0.5) is 5.69 Å². The number of anilines is 1. The van der Waals surface area contributed by atoms with Crippen molar-refractivity contribution in [2.24, 2.45) is 0 Å². The van der Waals surface area contributed by atoms with E-state index in [0.717, 1.165) is 10.0 Å². The number of nitrogens with two attached hydrogens (primary N) is 1. The zero-order valence-electron chi connectivity index (χ0n) is 10.7. The molecule has 1 unspecified atom stereocenters. The molecule has 0 saturated heterocycles. The van der Waals surface area contributed by atoms with Crippen LogP contribution in [0, 0.1) is 0 Å². The molecule has 0 aliphatic carbocycles. The van der Waals surface area contributed by atoms with E-state index in [1.54, 1.807) is 24.3 Å². The maximum atomic E-state index is 12.4. The zero-order valence-corrected chi connectivity index (χ0v) is 13.8. The second-order valence-corrected chi connectivity index (χ2v) is 7.08. The highest BCUT2D eigenvalue weighted by atomic mass is 79.9. The summed E-state index contributed by atoms with van der Waals surface area (Å²) in [6, 6.07) is 10.6. The van der Waals surface area contributed by atoms with E-state index in [0.29, 0.717) is 21.8 Å². The van der Waals surface area contributed by atoms with Gasteiger partial charge >= 0.3 is 0 Å². The van der Waals surface area contributed by atoms with Gasteiger partial charge in [0.15, 0.2) is 5.58 Å². The minimum Gasteiger partial charge on any atom is -0.430 e. The SMILES string of the molecule is Nc1ccc2nc(S(=O)Cc3ccc(Br)cc3Cl)oc2c1. The second kappa shape index (κ2) is 5.79. The van der Waals surface area contributed by atoms with E-state index in [1.165, 1.54) is 0 Å². The largest absolute Gasteiger partial charge is 0.430 e. The Morgan fingerprint density at radius 2 is 2.10 bits per heavy atom. The van der Waals surface area contributed by atoms with Gasteiger partial charge in [-0.2, -0.15) is 0 Å². The standard InChI is InChI=1S/C14H10BrClN2O2S/c15-9-2-1-8(11(16)5-9)7-21(19)14-18-12-4-3-10(17)6-13(12)20-14/h1-6H,7,17H2. The van der Waals surface area contributed by atoms with Crippen molar-refractivity contribution in [2.45, 2.75) is 11.0 Å². The fourth-order valence-electron chi connectivity index (χ4n) is 1.86. The van der Waals surface area contributed by atoms with E-state index in [9.17, 15) is 4.21 Å². The maximum absolute atomic E-state index is 12.4. The molecule has 7 heteroatoms. The Hall–Kier alpha value is -1.37. The number of nitrogens with zero attached hydrogens (tertiary/aromatic N) is 1. The summed E-state index contributed by atoms with van der Waals surface area (Å²) in [6.07, 6.45) is 0. The highest BCUT2D eigenvalue weighted by Crippen LogP contribution is 2.25. The number of halogens is 2. The molecule has 0 aliphatic heterocycles. The topological polar surface area (TPSA) is 69.1 Å². The van der Waals surface area contributed by atoms with Crippen LogP contribution in [0.25, 0.3) is 11.1 Å². The smallest absolute Gasteiger partial charge is 0.288 e. The summed E-state index contributed by atoms with van der Waals surface area (Å²) in [5, 5.41) is 0.729. The molecule has 108 valence electrons. The van der Waals surface area contributed by atoms with E-state index in [2.05, 4.69) is 20.9 Å². The number of aromatic nitrogens is 1. The average Bonchev–Trinajstić information content (AvgIpc) is 2.85. The number of nitrogen functional groups attached to an aromatic ring is 1. The molecule has 1 heterocycles. The summed E-state index contributed by atoms with van der Waals surface area (Å²) >= 11 is 9.46. The van der Waals surface area contributed by atoms with Crippen LogP contribution in [0.1, 0.15) is 5.56 Å². The quantitative estimate of drug-likeness (QED) is 0.688. The molecule has 1 aromatic heterocycles. The number of rotatable bonds is 3. The fraction of sp³-hybridized carbons (Fsp3) is 0.0714. The second-order valence-electron chi connectivity index (χ2n) is 4.43. The van der Waals surface area contributed by atoms with Crippen LogP contribution in [0.15, 0.2) is 50.5 Å². The fourth-order valence-corrected chi connectivity index (χ4v) is 3.72. The van der Waals surface area contributed by atoms with Gasteiger partial charge in [-0.25, -0.2) is 9.19 Å². The average molecular weight is 386 g/mol. The van der Waals surface area contributed by atoms with Crippen LogP contribution in [0.2, 0.25) is 5.02 Å². The van der Waals surface area contributed by atoms with E-state index in [-0.39, 0.29) is 11.0 Å². The minimum atomic E-state index is -1.41. The van der Waals surface area contributed by atoms with Gasteiger partial charge in [-0.3, -0.25) is 0 Å². The lowest BCUT2D eigenvalue weighted by Crippen LogP contribution is -1.97. The van der Waals surface area contributed by atoms with Crippen molar-refractivity contribution >= 4 is 55.1 Å². The number of benzene rings is 2. The predicted molar refractivity (Wildman–Crippen MR) is 87.7 cm³/mol. The molecule has 0 aliphatic rings. The van der Waals surface area contributed by atoms with Crippen molar-refractivity contribution in [1.29, 1.82) is 0 Å². The van der Waals surface area contributed by atoms with Gasteiger partial charge < -0.3 is 10.2 Å². The van der Waals surface area contributed by atoms with Crippen LogP contribution < -0.4 is 5.73 Å². The molecular formula is C14H10BrClN2O2S. The molecule has 0 saturated carbocycles. The molecule has 3 rings (SSSR count). The monoisotopic (exact) mass is 384 g/mol. The minimum absolute atomic E-state index is 0.176. The zero-order chi connectivity index (χ0) is 15.0. The first-order valence-corrected chi connectivity index (χ1v) is 8.50. The molecular weight excluding hydrogens is 376 g/mol. The summed E-state index contributed by atoms with van der Waals surface area (Å²) < 4.78 is 18.7. The van der Waals surface area contributed by atoms with E-state index in [1.807, 2.05) is 12.1 Å². The van der Waals surface area contributed by atoms with Crippen LogP contribution in [-0.2, 0) is 16.6 Å². The van der Waals surface area contributed by atoms with Gasteiger partial charge in [0.2, 0.25) is 0 Å². The van der Waals surface area contributed by atoms with Crippen molar-refractivity contribution in [3.05, 3.63) is 51.5 Å². The highest BCUT2D eigenvalue weighted by molar-refractivity contribution is 9.10. The van der Waals surface area contributed by atoms with Crippen LogP contribution >= 0.6 is 27.5 Å². The summed E-state index contributed by atoms with van der Waals surface area (Å²) in [4.78, 5) is 4.22. The molecule has 2 aromatic carbocycles. The van der Waals surface area contributed by atoms with Crippen molar-refractivity contribution in [3.63, 3.8) is 0 Å². The van der Waals surface area contributed by atoms with Gasteiger partial charge in [0.05, 0.1) is 5.75 Å². The Bertz CT molecular complexity index is 850. The van der Waals surface area contributed by atoms with Gasteiger partial charge in [0.25, 0.3) is 5.22 Å². The maximum Gasteiger partial charge on any atom is 0.288 e. The van der Waals surface area contributed by atoms with Crippen molar-refractivity contribution < 1.29 is 8.63 Å². The van der Waals surface area contributed by atoms with Crippen LogP contribution in [0.3, 0.4) is 0 Å². The van der Waals surface area contributed by atoms with Gasteiger partial charge in [0.1, 0.15) is 16.3 Å². The third-order valence-corrected chi connectivity index (χ3v) is 4.87. The third-order valence-electron chi connectivity index (χ3n) is 2.89. The predicted octanol–water partition coefficient (Wildman–Crippen LogP) is 4.13. The molecule has 0 radical (unpaired) electrons. The molecule has 0 fully saturated rings.